The molecule has 18 heavy (non-hydrogen) atoms. The van der Waals surface area contributed by atoms with Gasteiger partial charge in [-0.05, 0) is 12.8 Å². The first kappa shape index (κ1) is 13.1. The van der Waals surface area contributed by atoms with Crippen LogP contribution in [0.2, 0.25) is 0 Å². The molecule has 2 heterocycles. The predicted molar refractivity (Wildman–Crippen MR) is 71.0 cm³/mol. The van der Waals surface area contributed by atoms with Crippen molar-refractivity contribution in [2.24, 2.45) is 13.0 Å². The Morgan fingerprint density at radius 1 is 1.39 bits per heavy atom. The molecular weight excluding hydrogens is 226 g/mol. The van der Waals surface area contributed by atoms with E-state index in [1.54, 1.807) is 0 Å². The van der Waals surface area contributed by atoms with Gasteiger partial charge in [-0.2, -0.15) is 5.10 Å². The minimum atomic E-state index is 0.0715. The van der Waals surface area contributed by atoms with Gasteiger partial charge in [0.15, 0.2) is 0 Å². The molecule has 1 amide bonds. The third kappa shape index (κ3) is 2.74. The second-order valence-corrected chi connectivity index (χ2v) is 5.50. The van der Waals surface area contributed by atoms with Gasteiger partial charge in [0.1, 0.15) is 0 Å². The predicted octanol–water partition coefficient (Wildman–Crippen LogP) is 2.52. The Balaban J connectivity index is 2.24. The number of rotatable bonds is 2. The first-order valence-corrected chi connectivity index (χ1v) is 6.88. The van der Waals surface area contributed by atoms with E-state index < -0.39 is 0 Å². The molecule has 2 rings (SSSR count). The zero-order valence-electron chi connectivity index (χ0n) is 11.6. The highest BCUT2D eigenvalue weighted by atomic mass is 16.2. The fraction of sp³-hybridized carbons (Fsp3) is 0.714. The molecule has 0 bridgehead atoms. The molecule has 0 N–H and O–H groups in total. The van der Waals surface area contributed by atoms with Gasteiger partial charge in [0, 0.05) is 31.3 Å². The lowest BCUT2D eigenvalue weighted by Gasteiger charge is -2.31. The van der Waals surface area contributed by atoms with Crippen molar-refractivity contribution in [2.45, 2.75) is 45.6 Å². The van der Waals surface area contributed by atoms with Crippen molar-refractivity contribution < 1.29 is 4.79 Å². The molecule has 100 valence electrons. The standard InChI is InChI=1S/C14H23N3O/c1-11(2)14(18)17-8-6-4-5-7-13(17)12-9-15-16(3)10-12/h9-11,13H,4-8H2,1-3H3/t13-/m1/s1. The summed E-state index contributed by atoms with van der Waals surface area (Å²) in [5.74, 6) is 0.341. The number of likely N-dealkylation sites (tertiary alicyclic amines) is 1. The number of carbonyl (C=O) groups is 1. The Morgan fingerprint density at radius 2 is 2.17 bits per heavy atom. The lowest BCUT2D eigenvalue weighted by molar-refractivity contribution is -0.137. The molecule has 1 saturated heterocycles. The molecule has 1 fully saturated rings. The van der Waals surface area contributed by atoms with Gasteiger partial charge in [-0.3, -0.25) is 9.48 Å². The maximum absolute atomic E-state index is 12.3. The van der Waals surface area contributed by atoms with Gasteiger partial charge in [0.2, 0.25) is 5.91 Å². The maximum atomic E-state index is 12.3. The van der Waals surface area contributed by atoms with Crippen LogP contribution >= 0.6 is 0 Å². The van der Waals surface area contributed by atoms with Crippen LogP contribution in [0.25, 0.3) is 0 Å². The van der Waals surface area contributed by atoms with Crippen molar-refractivity contribution in [1.82, 2.24) is 14.7 Å². The van der Waals surface area contributed by atoms with Crippen LogP contribution in [-0.4, -0.2) is 27.1 Å². The highest BCUT2D eigenvalue weighted by Crippen LogP contribution is 2.30. The lowest BCUT2D eigenvalue weighted by atomic mass is 10.0. The zero-order chi connectivity index (χ0) is 13.1. The van der Waals surface area contributed by atoms with Crippen molar-refractivity contribution in [2.75, 3.05) is 6.54 Å². The lowest BCUT2D eigenvalue weighted by Crippen LogP contribution is -2.37. The summed E-state index contributed by atoms with van der Waals surface area (Å²) in [5, 5.41) is 4.24. The summed E-state index contributed by atoms with van der Waals surface area (Å²) in [5.41, 5.74) is 1.17. The quantitative estimate of drug-likeness (QED) is 0.807. The van der Waals surface area contributed by atoms with E-state index in [0.717, 1.165) is 19.4 Å². The van der Waals surface area contributed by atoms with Crippen molar-refractivity contribution in [3.63, 3.8) is 0 Å². The number of hydrogen-bond acceptors (Lipinski definition) is 2. The van der Waals surface area contributed by atoms with Crippen LogP contribution in [0.3, 0.4) is 0 Å². The molecule has 0 aliphatic carbocycles. The largest absolute Gasteiger partial charge is 0.335 e. The van der Waals surface area contributed by atoms with Crippen molar-refractivity contribution in [3.8, 4) is 0 Å². The molecule has 0 unspecified atom stereocenters. The minimum Gasteiger partial charge on any atom is -0.335 e. The second kappa shape index (κ2) is 5.55. The molecule has 0 aromatic carbocycles. The molecular formula is C14H23N3O. The third-order valence-electron chi connectivity index (χ3n) is 3.64. The number of carbonyl (C=O) groups excluding carboxylic acids is 1. The average Bonchev–Trinajstić information content (AvgIpc) is 2.63. The molecule has 0 saturated carbocycles. The number of aromatic nitrogens is 2. The summed E-state index contributed by atoms with van der Waals surface area (Å²) in [6.07, 6.45) is 8.53. The van der Waals surface area contributed by atoms with Gasteiger partial charge in [0.05, 0.1) is 12.2 Å². The monoisotopic (exact) mass is 249 g/mol. The fourth-order valence-corrected chi connectivity index (χ4v) is 2.66. The Morgan fingerprint density at radius 3 is 2.78 bits per heavy atom. The SMILES string of the molecule is CC(C)C(=O)N1CCCCC[C@@H]1c1cnn(C)c1. The van der Waals surface area contributed by atoms with Gasteiger partial charge >= 0.3 is 0 Å². The van der Waals surface area contributed by atoms with E-state index in [1.807, 2.05) is 38.0 Å². The molecule has 4 heteroatoms. The van der Waals surface area contributed by atoms with Crippen LogP contribution in [0.5, 0.6) is 0 Å². The van der Waals surface area contributed by atoms with Gasteiger partial charge in [0.25, 0.3) is 0 Å². The van der Waals surface area contributed by atoms with Gasteiger partial charge < -0.3 is 4.90 Å². The van der Waals surface area contributed by atoms with Gasteiger partial charge in [-0.15, -0.1) is 0 Å². The van der Waals surface area contributed by atoms with Crippen LogP contribution in [0.4, 0.5) is 0 Å². The highest BCUT2D eigenvalue weighted by molar-refractivity contribution is 5.78. The number of hydrogen-bond donors (Lipinski definition) is 0. The summed E-state index contributed by atoms with van der Waals surface area (Å²) in [4.78, 5) is 14.4. The van der Waals surface area contributed by atoms with Gasteiger partial charge in [-0.1, -0.05) is 26.7 Å². The summed E-state index contributed by atoms with van der Waals surface area (Å²) in [6, 6.07) is 0.219. The number of amides is 1. The minimum absolute atomic E-state index is 0.0715. The van der Waals surface area contributed by atoms with Crippen molar-refractivity contribution in [3.05, 3.63) is 18.0 Å². The van der Waals surface area contributed by atoms with E-state index in [0.29, 0.717) is 0 Å². The van der Waals surface area contributed by atoms with Crippen molar-refractivity contribution in [1.29, 1.82) is 0 Å². The molecule has 0 spiro atoms. The van der Waals surface area contributed by atoms with Crippen LogP contribution in [0.1, 0.15) is 51.1 Å². The van der Waals surface area contributed by atoms with E-state index in [9.17, 15) is 4.79 Å². The summed E-state index contributed by atoms with van der Waals surface area (Å²) in [7, 11) is 1.93. The van der Waals surface area contributed by atoms with Crippen molar-refractivity contribution >= 4 is 5.91 Å². The molecule has 0 radical (unpaired) electrons. The topological polar surface area (TPSA) is 38.1 Å². The van der Waals surface area contributed by atoms with E-state index in [2.05, 4.69) is 10.00 Å². The summed E-state index contributed by atoms with van der Waals surface area (Å²) < 4.78 is 1.82. The normalized spacial score (nSPS) is 21.1. The average molecular weight is 249 g/mol. The number of nitrogens with zero attached hydrogens (tertiary/aromatic N) is 3. The Bertz CT molecular complexity index is 411. The van der Waals surface area contributed by atoms with Gasteiger partial charge in [-0.25, -0.2) is 0 Å². The van der Waals surface area contributed by atoms with E-state index in [4.69, 9.17) is 0 Å². The zero-order valence-corrected chi connectivity index (χ0v) is 11.6. The molecule has 1 aromatic rings. The first-order chi connectivity index (χ1) is 8.59. The van der Waals surface area contributed by atoms with Crippen LogP contribution in [-0.2, 0) is 11.8 Å². The molecule has 1 aromatic heterocycles. The fourth-order valence-electron chi connectivity index (χ4n) is 2.66. The third-order valence-corrected chi connectivity index (χ3v) is 3.64. The first-order valence-electron chi connectivity index (χ1n) is 6.88. The molecule has 1 aliphatic rings. The Kier molecular flexibility index (Phi) is 4.04. The smallest absolute Gasteiger partial charge is 0.225 e. The number of aryl methyl sites for hydroxylation is 1. The van der Waals surface area contributed by atoms with E-state index >= 15 is 0 Å². The highest BCUT2D eigenvalue weighted by Gasteiger charge is 2.28. The Hall–Kier alpha value is -1.32. The van der Waals surface area contributed by atoms with E-state index in [-0.39, 0.29) is 17.9 Å². The molecule has 4 nitrogen and oxygen atoms in total. The summed E-state index contributed by atoms with van der Waals surface area (Å²) >= 11 is 0. The molecule has 1 atom stereocenters. The van der Waals surface area contributed by atoms with Crippen LogP contribution < -0.4 is 0 Å². The molecule has 1 aliphatic heterocycles. The maximum Gasteiger partial charge on any atom is 0.225 e. The van der Waals surface area contributed by atoms with Crippen LogP contribution in [0, 0.1) is 5.92 Å². The van der Waals surface area contributed by atoms with Crippen LogP contribution in [0.15, 0.2) is 12.4 Å². The second-order valence-electron chi connectivity index (χ2n) is 5.50. The Labute approximate surface area is 109 Å². The van der Waals surface area contributed by atoms with E-state index in [1.165, 1.54) is 18.4 Å². The summed E-state index contributed by atoms with van der Waals surface area (Å²) in [6.45, 7) is 4.84.